The summed E-state index contributed by atoms with van der Waals surface area (Å²) in [5.41, 5.74) is -2.06. The minimum absolute atomic E-state index is 0.255. The summed E-state index contributed by atoms with van der Waals surface area (Å²) >= 11 is 1.39. The molecule has 2 rings (SSSR count). The van der Waals surface area contributed by atoms with Crippen LogP contribution >= 0.6 is 11.8 Å². The van der Waals surface area contributed by atoms with E-state index in [9.17, 15) is 23.3 Å². The average molecular weight is 348 g/mol. The lowest BCUT2D eigenvalue weighted by Crippen LogP contribution is -2.35. The van der Waals surface area contributed by atoms with Gasteiger partial charge in [0.05, 0.1) is 4.92 Å². The molecule has 23 heavy (non-hydrogen) atoms. The van der Waals surface area contributed by atoms with Crippen molar-refractivity contribution >= 4 is 17.4 Å². The normalized spacial score (nSPS) is 17.4. The Morgan fingerprint density at radius 3 is 2.52 bits per heavy atom. The van der Waals surface area contributed by atoms with Crippen molar-refractivity contribution in [1.82, 2.24) is 4.90 Å². The number of halogens is 3. The van der Waals surface area contributed by atoms with E-state index in [-0.39, 0.29) is 5.25 Å². The summed E-state index contributed by atoms with van der Waals surface area (Å²) in [6, 6.07) is 3.27. The van der Waals surface area contributed by atoms with Gasteiger partial charge >= 0.3 is 6.18 Å². The molecule has 128 valence electrons. The number of thioether (sulfide) groups is 1. The number of rotatable bonds is 5. The van der Waals surface area contributed by atoms with E-state index < -0.39 is 22.4 Å². The Balaban J connectivity index is 2.08. The minimum Gasteiger partial charge on any atom is -0.303 e. The smallest absolute Gasteiger partial charge is 0.303 e. The molecule has 0 aliphatic carbocycles. The lowest BCUT2D eigenvalue weighted by molar-refractivity contribution is -0.388. The monoisotopic (exact) mass is 348 g/mol. The van der Waals surface area contributed by atoms with Crippen molar-refractivity contribution in [3.8, 4) is 0 Å². The molecular formula is C15H19F3N2O2S. The summed E-state index contributed by atoms with van der Waals surface area (Å²) in [6.07, 6.45) is -1.79. The largest absolute Gasteiger partial charge is 0.423 e. The second-order valence-corrected chi connectivity index (χ2v) is 6.97. The van der Waals surface area contributed by atoms with Crippen molar-refractivity contribution in [3.63, 3.8) is 0 Å². The highest BCUT2D eigenvalue weighted by Crippen LogP contribution is 2.40. The van der Waals surface area contributed by atoms with Gasteiger partial charge in [0.15, 0.2) is 0 Å². The number of benzene rings is 1. The van der Waals surface area contributed by atoms with Crippen LogP contribution in [0.1, 0.15) is 31.7 Å². The second-order valence-electron chi connectivity index (χ2n) is 5.59. The molecule has 0 amide bonds. The maximum Gasteiger partial charge on any atom is 0.423 e. The number of nitrogens with zero attached hydrogens (tertiary/aromatic N) is 2. The van der Waals surface area contributed by atoms with Crippen LogP contribution in [0.25, 0.3) is 0 Å². The van der Waals surface area contributed by atoms with Crippen molar-refractivity contribution in [2.75, 3.05) is 19.6 Å². The van der Waals surface area contributed by atoms with Crippen LogP contribution in [0.3, 0.4) is 0 Å². The van der Waals surface area contributed by atoms with Crippen molar-refractivity contribution in [2.45, 2.75) is 42.5 Å². The quantitative estimate of drug-likeness (QED) is 0.577. The highest BCUT2D eigenvalue weighted by atomic mass is 32.2. The van der Waals surface area contributed by atoms with E-state index in [0.29, 0.717) is 4.90 Å². The summed E-state index contributed by atoms with van der Waals surface area (Å²) in [5, 5.41) is 11.0. The van der Waals surface area contributed by atoms with Crippen molar-refractivity contribution in [3.05, 3.63) is 33.9 Å². The number of alkyl halides is 3. The fourth-order valence-electron chi connectivity index (χ4n) is 2.73. The molecule has 0 saturated carbocycles. The van der Waals surface area contributed by atoms with Gasteiger partial charge < -0.3 is 4.90 Å². The van der Waals surface area contributed by atoms with E-state index in [1.807, 2.05) is 0 Å². The molecule has 1 heterocycles. The van der Waals surface area contributed by atoms with E-state index in [2.05, 4.69) is 11.8 Å². The lowest BCUT2D eigenvalue weighted by atomic mass is 10.1. The fraction of sp³-hybridized carbons (Fsp3) is 0.600. The minimum atomic E-state index is -4.72. The van der Waals surface area contributed by atoms with Crippen LogP contribution in [0.5, 0.6) is 0 Å². The molecule has 0 spiro atoms. The standard InChI is InChI=1S/C15H19F3N2O2S/c1-2-7-19-8-5-11(6-9-19)23-12-3-4-14(20(21)22)13(10-12)15(16,17)18/h3-4,10-11H,2,5-9H2,1H3. The van der Waals surface area contributed by atoms with Gasteiger partial charge in [-0.05, 0) is 51.0 Å². The highest BCUT2D eigenvalue weighted by Gasteiger charge is 2.38. The van der Waals surface area contributed by atoms with Crippen LogP contribution in [-0.4, -0.2) is 34.7 Å². The van der Waals surface area contributed by atoms with Crippen LogP contribution < -0.4 is 0 Å². The lowest BCUT2D eigenvalue weighted by Gasteiger charge is -2.31. The average Bonchev–Trinajstić information content (AvgIpc) is 2.48. The molecule has 0 unspecified atom stereocenters. The maximum absolute atomic E-state index is 13.0. The predicted octanol–water partition coefficient (Wildman–Crippen LogP) is 4.58. The zero-order valence-corrected chi connectivity index (χ0v) is 13.6. The van der Waals surface area contributed by atoms with Crippen molar-refractivity contribution in [2.24, 2.45) is 0 Å². The number of nitro benzene ring substituents is 1. The van der Waals surface area contributed by atoms with E-state index in [1.165, 1.54) is 17.8 Å². The molecule has 1 saturated heterocycles. The van der Waals surface area contributed by atoms with E-state index in [0.717, 1.165) is 51.0 Å². The van der Waals surface area contributed by atoms with Gasteiger partial charge in [-0.3, -0.25) is 10.1 Å². The Kier molecular flexibility index (Phi) is 5.91. The SMILES string of the molecule is CCCN1CCC(Sc2ccc([N+](=O)[O-])c(C(F)(F)F)c2)CC1. The predicted molar refractivity (Wildman–Crippen MR) is 83.7 cm³/mol. The van der Waals surface area contributed by atoms with Crippen molar-refractivity contribution in [1.29, 1.82) is 0 Å². The highest BCUT2D eigenvalue weighted by molar-refractivity contribution is 8.00. The van der Waals surface area contributed by atoms with E-state index in [1.54, 1.807) is 0 Å². The van der Waals surface area contributed by atoms with E-state index >= 15 is 0 Å². The molecule has 0 aromatic heterocycles. The second kappa shape index (κ2) is 7.53. The number of hydrogen-bond acceptors (Lipinski definition) is 4. The van der Waals surface area contributed by atoms with E-state index in [4.69, 9.17) is 0 Å². The summed E-state index contributed by atoms with van der Waals surface area (Å²) in [5.74, 6) is 0. The van der Waals surface area contributed by atoms with Gasteiger partial charge in [-0.25, -0.2) is 0 Å². The molecule has 0 radical (unpaired) electrons. The summed E-state index contributed by atoms with van der Waals surface area (Å²) in [6.45, 7) is 5.07. The van der Waals surface area contributed by atoms with Crippen LogP contribution in [0.4, 0.5) is 18.9 Å². The number of likely N-dealkylation sites (tertiary alicyclic amines) is 1. The first-order valence-corrected chi connectivity index (χ1v) is 8.44. The summed E-state index contributed by atoms with van der Waals surface area (Å²) in [7, 11) is 0. The fourth-order valence-corrected chi connectivity index (χ4v) is 3.90. The number of nitro groups is 1. The number of hydrogen-bond donors (Lipinski definition) is 0. The third-order valence-electron chi connectivity index (χ3n) is 3.85. The molecule has 1 aromatic rings. The Bertz CT molecular complexity index is 558. The Labute approximate surface area is 137 Å². The third-order valence-corrected chi connectivity index (χ3v) is 5.18. The zero-order valence-electron chi connectivity index (χ0n) is 12.8. The van der Waals surface area contributed by atoms with Gasteiger partial charge in [0.2, 0.25) is 0 Å². The number of piperidine rings is 1. The first-order valence-electron chi connectivity index (χ1n) is 7.56. The maximum atomic E-state index is 13.0. The molecule has 1 fully saturated rings. The summed E-state index contributed by atoms with van der Waals surface area (Å²) < 4.78 is 38.9. The van der Waals surface area contributed by atoms with Crippen LogP contribution in [0.15, 0.2) is 23.1 Å². The topological polar surface area (TPSA) is 46.4 Å². The first-order chi connectivity index (χ1) is 10.8. The van der Waals surface area contributed by atoms with Gasteiger partial charge in [-0.2, -0.15) is 13.2 Å². The zero-order chi connectivity index (χ0) is 17.0. The molecule has 0 bridgehead atoms. The van der Waals surface area contributed by atoms with Gasteiger partial charge in [0, 0.05) is 16.2 Å². The third kappa shape index (κ3) is 4.84. The van der Waals surface area contributed by atoms with Crippen LogP contribution in [0, 0.1) is 10.1 Å². The molecular weight excluding hydrogens is 329 g/mol. The van der Waals surface area contributed by atoms with Gasteiger partial charge in [0.1, 0.15) is 5.56 Å². The van der Waals surface area contributed by atoms with Crippen LogP contribution in [-0.2, 0) is 6.18 Å². The van der Waals surface area contributed by atoms with Gasteiger partial charge in [-0.15, -0.1) is 11.8 Å². The first kappa shape index (κ1) is 18.1. The molecule has 0 N–H and O–H groups in total. The molecule has 1 aliphatic heterocycles. The molecule has 4 nitrogen and oxygen atoms in total. The Hall–Kier alpha value is -1.28. The van der Waals surface area contributed by atoms with Gasteiger partial charge in [-0.1, -0.05) is 6.92 Å². The molecule has 8 heteroatoms. The van der Waals surface area contributed by atoms with Crippen LogP contribution in [0.2, 0.25) is 0 Å². The molecule has 1 aliphatic rings. The molecule has 1 aromatic carbocycles. The van der Waals surface area contributed by atoms with Crippen molar-refractivity contribution < 1.29 is 18.1 Å². The summed E-state index contributed by atoms with van der Waals surface area (Å²) in [4.78, 5) is 12.6. The Morgan fingerprint density at radius 2 is 2.00 bits per heavy atom. The van der Waals surface area contributed by atoms with Gasteiger partial charge in [0.25, 0.3) is 5.69 Å². The molecule has 0 atom stereocenters. The Morgan fingerprint density at radius 1 is 1.35 bits per heavy atom.